The molecule has 2 rings (SSSR count). The first-order chi connectivity index (χ1) is 12.8. The zero-order valence-electron chi connectivity index (χ0n) is 16.3. The highest BCUT2D eigenvalue weighted by Gasteiger charge is 2.18. The third-order valence-corrected chi connectivity index (χ3v) is 4.32. The van der Waals surface area contributed by atoms with Crippen molar-refractivity contribution in [2.45, 2.75) is 32.7 Å². The minimum Gasteiger partial charge on any atom is -0.495 e. The van der Waals surface area contributed by atoms with Gasteiger partial charge in [0.25, 0.3) is 5.91 Å². The van der Waals surface area contributed by atoms with E-state index >= 15 is 0 Å². The van der Waals surface area contributed by atoms with Gasteiger partial charge in [0.15, 0.2) is 0 Å². The molecule has 144 valence electrons. The Morgan fingerprint density at radius 3 is 2.33 bits per heavy atom. The van der Waals surface area contributed by atoms with Gasteiger partial charge in [0, 0.05) is 16.8 Å². The molecule has 0 saturated carbocycles. The van der Waals surface area contributed by atoms with Crippen LogP contribution < -0.4 is 20.7 Å². The fourth-order valence-corrected chi connectivity index (χ4v) is 2.33. The first kappa shape index (κ1) is 20.3. The quantitative estimate of drug-likeness (QED) is 0.663. The molecule has 27 heavy (non-hydrogen) atoms. The molecular formula is C21H27N3O3. The average Bonchev–Trinajstić information content (AvgIpc) is 2.67. The van der Waals surface area contributed by atoms with Crippen LogP contribution in [-0.4, -0.2) is 31.0 Å². The Labute approximate surface area is 160 Å². The molecule has 0 radical (unpaired) electrons. The van der Waals surface area contributed by atoms with E-state index in [0.717, 1.165) is 12.1 Å². The lowest BCUT2D eigenvalue weighted by Gasteiger charge is -2.24. The molecule has 0 fully saturated rings. The van der Waals surface area contributed by atoms with Crippen LogP contribution in [0.4, 0.5) is 11.4 Å². The van der Waals surface area contributed by atoms with E-state index in [2.05, 4.69) is 16.0 Å². The number of anilines is 2. The van der Waals surface area contributed by atoms with Crippen LogP contribution in [0.25, 0.3) is 0 Å². The maximum absolute atomic E-state index is 12.3. The highest BCUT2D eigenvalue weighted by molar-refractivity contribution is 5.96. The summed E-state index contributed by atoms with van der Waals surface area (Å²) in [5.41, 5.74) is 1.72. The second-order valence-corrected chi connectivity index (χ2v) is 6.87. The molecule has 6 heteroatoms. The Bertz CT molecular complexity index is 786. The number of ether oxygens (including phenoxy) is 1. The van der Waals surface area contributed by atoms with Gasteiger partial charge in [0.2, 0.25) is 5.91 Å². The topological polar surface area (TPSA) is 79.5 Å². The second kappa shape index (κ2) is 9.07. The van der Waals surface area contributed by atoms with E-state index in [1.807, 2.05) is 32.9 Å². The predicted molar refractivity (Wildman–Crippen MR) is 108 cm³/mol. The van der Waals surface area contributed by atoms with E-state index in [1.54, 1.807) is 43.5 Å². The zero-order valence-corrected chi connectivity index (χ0v) is 16.3. The fraction of sp³-hybridized carbons (Fsp3) is 0.333. The molecule has 0 heterocycles. The molecule has 2 aromatic rings. The smallest absolute Gasteiger partial charge is 0.251 e. The first-order valence-electron chi connectivity index (χ1n) is 8.94. The minimum absolute atomic E-state index is 0.104. The van der Waals surface area contributed by atoms with Gasteiger partial charge in [-0.15, -0.1) is 0 Å². The molecule has 0 aliphatic rings. The van der Waals surface area contributed by atoms with Gasteiger partial charge in [0.05, 0.1) is 19.3 Å². The Morgan fingerprint density at radius 2 is 1.70 bits per heavy atom. The van der Waals surface area contributed by atoms with Crippen molar-refractivity contribution in [3.05, 3.63) is 54.1 Å². The molecule has 0 aromatic heterocycles. The van der Waals surface area contributed by atoms with E-state index in [4.69, 9.17) is 4.74 Å². The van der Waals surface area contributed by atoms with Gasteiger partial charge in [-0.3, -0.25) is 9.59 Å². The summed E-state index contributed by atoms with van der Waals surface area (Å²) in [5, 5.41) is 8.84. The van der Waals surface area contributed by atoms with E-state index in [0.29, 0.717) is 17.0 Å². The fourth-order valence-electron chi connectivity index (χ4n) is 2.33. The number of carbonyl (C=O) groups is 2. The molecular weight excluding hydrogens is 342 g/mol. The van der Waals surface area contributed by atoms with Crippen LogP contribution in [0, 0.1) is 0 Å². The lowest BCUT2D eigenvalue weighted by Crippen LogP contribution is -2.42. The van der Waals surface area contributed by atoms with Crippen LogP contribution in [-0.2, 0) is 4.79 Å². The van der Waals surface area contributed by atoms with Gasteiger partial charge in [-0.25, -0.2) is 0 Å². The maximum atomic E-state index is 12.3. The summed E-state index contributed by atoms with van der Waals surface area (Å²) in [6, 6.07) is 14.3. The summed E-state index contributed by atoms with van der Waals surface area (Å²) in [5.74, 6) is 0.310. The largest absolute Gasteiger partial charge is 0.495 e. The number of hydrogen-bond acceptors (Lipinski definition) is 4. The summed E-state index contributed by atoms with van der Waals surface area (Å²) in [6.45, 7) is 6.11. The van der Waals surface area contributed by atoms with Crippen molar-refractivity contribution in [3.8, 4) is 5.75 Å². The molecule has 0 spiro atoms. The van der Waals surface area contributed by atoms with Crippen LogP contribution in [0.3, 0.4) is 0 Å². The summed E-state index contributed by atoms with van der Waals surface area (Å²) in [4.78, 5) is 24.4. The van der Waals surface area contributed by atoms with Crippen molar-refractivity contribution < 1.29 is 14.3 Å². The molecule has 0 aliphatic carbocycles. The van der Waals surface area contributed by atoms with Crippen LogP contribution in [0.1, 0.15) is 37.6 Å². The summed E-state index contributed by atoms with van der Waals surface area (Å²) in [6.07, 6.45) is 0.847. The molecule has 6 nitrogen and oxygen atoms in total. The molecule has 2 aromatic carbocycles. The van der Waals surface area contributed by atoms with Crippen molar-refractivity contribution in [2.24, 2.45) is 0 Å². The van der Waals surface area contributed by atoms with E-state index in [-0.39, 0.29) is 23.9 Å². The number of amides is 2. The number of benzene rings is 2. The van der Waals surface area contributed by atoms with E-state index < -0.39 is 0 Å². The van der Waals surface area contributed by atoms with Gasteiger partial charge in [-0.2, -0.15) is 0 Å². The Morgan fingerprint density at radius 1 is 1.04 bits per heavy atom. The summed E-state index contributed by atoms with van der Waals surface area (Å²) >= 11 is 0. The first-order valence-corrected chi connectivity index (χ1v) is 8.94. The molecule has 0 bridgehead atoms. The number of para-hydroxylation sites is 2. The number of rotatable bonds is 8. The third-order valence-electron chi connectivity index (χ3n) is 4.32. The Hall–Kier alpha value is -3.02. The van der Waals surface area contributed by atoms with Gasteiger partial charge in [0.1, 0.15) is 5.75 Å². The monoisotopic (exact) mass is 369 g/mol. The van der Waals surface area contributed by atoms with Crippen molar-refractivity contribution in [3.63, 3.8) is 0 Å². The van der Waals surface area contributed by atoms with Crippen LogP contribution in [0.5, 0.6) is 5.75 Å². The number of carbonyl (C=O) groups excluding carboxylic acids is 2. The number of methoxy groups -OCH3 is 1. The van der Waals surface area contributed by atoms with Crippen LogP contribution in [0.2, 0.25) is 0 Å². The van der Waals surface area contributed by atoms with Gasteiger partial charge in [-0.05, 0) is 56.7 Å². The number of nitrogens with one attached hydrogen (secondary N) is 3. The SMILES string of the molecule is CCC(C)(C)NC(=O)c1ccc(NCC(=O)Nc2ccccc2OC)cc1. The molecule has 0 atom stereocenters. The zero-order chi connectivity index (χ0) is 19.9. The summed E-state index contributed by atoms with van der Waals surface area (Å²) in [7, 11) is 1.56. The van der Waals surface area contributed by atoms with Gasteiger partial charge < -0.3 is 20.7 Å². The molecule has 0 unspecified atom stereocenters. The maximum Gasteiger partial charge on any atom is 0.251 e. The van der Waals surface area contributed by atoms with E-state index in [9.17, 15) is 9.59 Å². The lowest BCUT2D eigenvalue weighted by atomic mass is 10.0. The highest BCUT2D eigenvalue weighted by atomic mass is 16.5. The van der Waals surface area contributed by atoms with E-state index in [1.165, 1.54) is 0 Å². The Balaban J connectivity index is 1.89. The number of hydrogen-bond donors (Lipinski definition) is 3. The predicted octanol–water partition coefficient (Wildman–Crippen LogP) is 3.66. The molecule has 0 saturated heterocycles. The lowest BCUT2D eigenvalue weighted by molar-refractivity contribution is -0.114. The van der Waals surface area contributed by atoms with Crippen molar-refractivity contribution in [1.29, 1.82) is 0 Å². The Kier molecular flexibility index (Phi) is 6.82. The van der Waals surface area contributed by atoms with Gasteiger partial charge in [-0.1, -0.05) is 19.1 Å². The summed E-state index contributed by atoms with van der Waals surface area (Å²) < 4.78 is 5.21. The second-order valence-electron chi connectivity index (χ2n) is 6.87. The molecule has 3 N–H and O–H groups in total. The van der Waals surface area contributed by atoms with Crippen molar-refractivity contribution >= 4 is 23.2 Å². The van der Waals surface area contributed by atoms with Gasteiger partial charge >= 0.3 is 0 Å². The van der Waals surface area contributed by atoms with Crippen molar-refractivity contribution in [1.82, 2.24) is 5.32 Å². The highest BCUT2D eigenvalue weighted by Crippen LogP contribution is 2.22. The third kappa shape index (κ3) is 6.02. The normalized spacial score (nSPS) is 10.8. The minimum atomic E-state index is -0.245. The molecule has 2 amide bonds. The van der Waals surface area contributed by atoms with Crippen molar-refractivity contribution in [2.75, 3.05) is 24.3 Å². The van der Waals surface area contributed by atoms with Crippen LogP contribution in [0.15, 0.2) is 48.5 Å². The van der Waals surface area contributed by atoms with Crippen LogP contribution >= 0.6 is 0 Å². The standard InChI is InChI=1S/C21H27N3O3/c1-5-21(2,3)24-20(26)15-10-12-16(13-11-15)22-14-19(25)23-17-8-6-7-9-18(17)27-4/h6-13,22H,5,14H2,1-4H3,(H,23,25)(H,24,26). The average molecular weight is 369 g/mol. The molecule has 0 aliphatic heterocycles.